The number of rotatable bonds is 2. The summed E-state index contributed by atoms with van der Waals surface area (Å²) < 4.78 is 16.1. The molecular weight excluding hydrogens is 232 g/mol. The molecule has 94 valence electrons. The molecule has 2 N–H and O–H groups in total. The third-order valence-corrected chi connectivity index (χ3v) is 2.84. The number of hydrogen-bond acceptors (Lipinski definition) is 5. The summed E-state index contributed by atoms with van der Waals surface area (Å²) >= 11 is 0. The molecule has 0 unspecified atom stereocenters. The SMILES string of the molecule is CC(C)c1oc(N)nc1-c1ccc2c(c1)OCO2. The van der Waals surface area contributed by atoms with E-state index in [0.717, 1.165) is 28.5 Å². The number of nitrogens with zero attached hydrogens (tertiary/aromatic N) is 1. The van der Waals surface area contributed by atoms with Crippen molar-refractivity contribution in [3.8, 4) is 22.8 Å². The summed E-state index contributed by atoms with van der Waals surface area (Å²) in [4.78, 5) is 4.24. The van der Waals surface area contributed by atoms with Crippen LogP contribution in [0.1, 0.15) is 25.5 Å². The fourth-order valence-corrected chi connectivity index (χ4v) is 1.99. The van der Waals surface area contributed by atoms with E-state index in [1.165, 1.54) is 0 Å². The van der Waals surface area contributed by atoms with Crippen molar-refractivity contribution >= 4 is 6.01 Å². The molecular formula is C13H14N2O3. The van der Waals surface area contributed by atoms with Crippen LogP contribution in [0.5, 0.6) is 11.5 Å². The van der Waals surface area contributed by atoms with E-state index in [1.807, 2.05) is 32.0 Å². The number of nitrogens with two attached hydrogens (primary N) is 1. The van der Waals surface area contributed by atoms with Crippen LogP contribution in [0.15, 0.2) is 22.6 Å². The van der Waals surface area contributed by atoms with Crippen LogP contribution in [0.4, 0.5) is 6.01 Å². The summed E-state index contributed by atoms with van der Waals surface area (Å²) in [5, 5.41) is 0. The molecule has 2 aromatic rings. The quantitative estimate of drug-likeness (QED) is 0.882. The molecule has 0 fully saturated rings. The van der Waals surface area contributed by atoms with Crippen LogP contribution in [0.25, 0.3) is 11.3 Å². The molecule has 0 amide bonds. The van der Waals surface area contributed by atoms with Gasteiger partial charge in [-0.25, -0.2) is 0 Å². The average Bonchev–Trinajstić information content (AvgIpc) is 2.93. The van der Waals surface area contributed by atoms with E-state index in [4.69, 9.17) is 19.6 Å². The third-order valence-electron chi connectivity index (χ3n) is 2.84. The Morgan fingerprint density at radius 3 is 2.78 bits per heavy atom. The van der Waals surface area contributed by atoms with E-state index >= 15 is 0 Å². The van der Waals surface area contributed by atoms with E-state index in [1.54, 1.807) is 0 Å². The number of benzene rings is 1. The second-order valence-corrected chi connectivity index (χ2v) is 4.49. The summed E-state index contributed by atoms with van der Waals surface area (Å²) in [5.41, 5.74) is 7.32. The lowest BCUT2D eigenvalue weighted by molar-refractivity contribution is 0.174. The Morgan fingerprint density at radius 2 is 2.00 bits per heavy atom. The molecule has 2 heterocycles. The van der Waals surface area contributed by atoms with Gasteiger partial charge in [0.15, 0.2) is 11.5 Å². The summed E-state index contributed by atoms with van der Waals surface area (Å²) in [7, 11) is 0. The van der Waals surface area contributed by atoms with Gasteiger partial charge >= 0.3 is 0 Å². The topological polar surface area (TPSA) is 70.5 Å². The van der Waals surface area contributed by atoms with Crippen molar-refractivity contribution in [3.05, 3.63) is 24.0 Å². The molecule has 18 heavy (non-hydrogen) atoms. The molecule has 1 aliphatic heterocycles. The molecule has 5 nitrogen and oxygen atoms in total. The highest BCUT2D eigenvalue weighted by Gasteiger charge is 2.20. The molecule has 1 aromatic heterocycles. The molecule has 0 bridgehead atoms. The van der Waals surface area contributed by atoms with Crippen LogP contribution in [0.2, 0.25) is 0 Å². The Labute approximate surface area is 105 Å². The van der Waals surface area contributed by atoms with Crippen LogP contribution in [-0.4, -0.2) is 11.8 Å². The van der Waals surface area contributed by atoms with Crippen molar-refractivity contribution in [3.63, 3.8) is 0 Å². The number of anilines is 1. The van der Waals surface area contributed by atoms with Gasteiger partial charge in [-0.15, -0.1) is 0 Å². The monoisotopic (exact) mass is 246 g/mol. The highest BCUT2D eigenvalue weighted by atomic mass is 16.7. The first-order valence-electron chi connectivity index (χ1n) is 5.81. The van der Waals surface area contributed by atoms with Crippen molar-refractivity contribution in [2.24, 2.45) is 0 Å². The van der Waals surface area contributed by atoms with Gasteiger partial charge in [0.05, 0.1) is 0 Å². The Hall–Kier alpha value is -2.17. The van der Waals surface area contributed by atoms with Gasteiger partial charge in [0, 0.05) is 11.5 Å². The molecule has 0 spiro atoms. The predicted molar refractivity (Wildman–Crippen MR) is 66.6 cm³/mol. The van der Waals surface area contributed by atoms with Crippen LogP contribution in [0, 0.1) is 0 Å². The highest BCUT2D eigenvalue weighted by Crippen LogP contribution is 2.38. The summed E-state index contributed by atoms with van der Waals surface area (Å²) in [6, 6.07) is 5.88. The van der Waals surface area contributed by atoms with Gasteiger partial charge in [-0.3, -0.25) is 0 Å². The molecule has 0 aliphatic carbocycles. The summed E-state index contributed by atoms with van der Waals surface area (Å²) in [5.74, 6) is 2.48. The van der Waals surface area contributed by atoms with E-state index < -0.39 is 0 Å². The number of fused-ring (bicyclic) bond motifs is 1. The Morgan fingerprint density at radius 1 is 1.22 bits per heavy atom. The van der Waals surface area contributed by atoms with Crippen LogP contribution in [-0.2, 0) is 0 Å². The number of aromatic nitrogens is 1. The van der Waals surface area contributed by atoms with Gasteiger partial charge in [0.2, 0.25) is 6.79 Å². The molecule has 0 saturated heterocycles. The van der Waals surface area contributed by atoms with Gasteiger partial charge in [0.1, 0.15) is 11.5 Å². The molecule has 1 aromatic carbocycles. The Balaban J connectivity index is 2.09. The maximum absolute atomic E-state index is 5.63. The minimum atomic E-state index is 0.186. The highest BCUT2D eigenvalue weighted by molar-refractivity contribution is 5.67. The lowest BCUT2D eigenvalue weighted by Crippen LogP contribution is -1.93. The number of ether oxygens (including phenoxy) is 2. The van der Waals surface area contributed by atoms with Gasteiger partial charge in [-0.05, 0) is 18.2 Å². The zero-order chi connectivity index (χ0) is 12.7. The number of nitrogen functional groups attached to an aromatic ring is 1. The first-order chi connectivity index (χ1) is 8.65. The smallest absolute Gasteiger partial charge is 0.292 e. The normalized spacial score (nSPS) is 13.3. The molecule has 0 radical (unpaired) electrons. The van der Waals surface area contributed by atoms with Crippen molar-refractivity contribution in [2.45, 2.75) is 19.8 Å². The van der Waals surface area contributed by atoms with E-state index in [0.29, 0.717) is 0 Å². The largest absolute Gasteiger partial charge is 0.454 e. The predicted octanol–water partition coefficient (Wildman–Crippen LogP) is 2.78. The second kappa shape index (κ2) is 3.94. The summed E-state index contributed by atoms with van der Waals surface area (Å²) in [6.07, 6.45) is 0. The number of oxazole rings is 1. The average molecular weight is 246 g/mol. The minimum absolute atomic E-state index is 0.186. The van der Waals surface area contributed by atoms with Crippen LogP contribution < -0.4 is 15.2 Å². The maximum atomic E-state index is 5.63. The zero-order valence-corrected chi connectivity index (χ0v) is 10.3. The van der Waals surface area contributed by atoms with Crippen LogP contribution in [0.3, 0.4) is 0 Å². The molecule has 1 aliphatic rings. The lowest BCUT2D eigenvalue weighted by atomic mass is 10.0. The van der Waals surface area contributed by atoms with E-state index in [2.05, 4.69) is 4.98 Å². The zero-order valence-electron chi connectivity index (χ0n) is 10.3. The fraction of sp³-hybridized carbons (Fsp3) is 0.308. The van der Waals surface area contributed by atoms with E-state index in [9.17, 15) is 0 Å². The van der Waals surface area contributed by atoms with Gasteiger partial charge in [0.25, 0.3) is 6.01 Å². The first kappa shape index (κ1) is 11.0. The fourth-order valence-electron chi connectivity index (χ4n) is 1.99. The van der Waals surface area contributed by atoms with Crippen molar-refractivity contribution in [2.75, 3.05) is 12.5 Å². The third kappa shape index (κ3) is 1.68. The molecule has 5 heteroatoms. The van der Waals surface area contributed by atoms with Crippen molar-refractivity contribution in [1.82, 2.24) is 4.98 Å². The lowest BCUT2D eigenvalue weighted by Gasteiger charge is -2.04. The van der Waals surface area contributed by atoms with Crippen LogP contribution >= 0.6 is 0 Å². The second-order valence-electron chi connectivity index (χ2n) is 4.49. The number of hydrogen-bond donors (Lipinski definition) is 1. The maximum Gasteiger partial charge on any atom is 0.292 e. The Kier molecular flexibility index (Phi) is 2.40. The standard InChI is InChI=1S/C13H14N2O3/c1-7(2)12-11(15-13(14)18-12)8-3-4-9-10(5-8)17-6-16-9/h3-5,7H,6H2,1-2H3,(H2,14,15). The van der Waals surface area contributed by atoms with E-state index in [-0.39, 0.29) is 18.7 Å². The minimum Gasteiger partial charge on any atom is -0.454 e. The van der Waals surface area contributed by atoms with Crippen molar-refractivity contribution < 1.29 is 13.9 Å². The van der Waals surface area contributed by atoms with Gasteiger partial charge in [-0.1, -0.05) is 13.8 Å². The van der Waals surface area contributed by atoms with Gasteiger partial charge < -0.3 is 19.6 Å². The van der Waals surface area contributed by atoms with Gasteiger partial charge in [-0.2, -0.15) is 4.98 Å². The van der Waals surface area contributed by atoms with Crippen molar-refractivity contribution in [1.29, 1.82) is 0 Å². The molecule has 0 saturated carbocycles. The molecule has 3 rings (SSSR count). The Bertz CT molecular complexity index is 590. The molecule has 0 atom stereocenters. The summed E-state index contributed by atoms with van der Waals surface area (Å²) in [6.45, 7) is 4.34. The first-order valence-corrected chi connectivity index (χ1v) is 5.81.